The van der Waals surface area contributed by atoms with Gasteiger partial charge < -0.3 is 5.11 Å². The average molecular weight is 137 g/mol. The highest BCUT2D eigenvalue weighted by Gasteiger charge is 1.89. The molecule has 1 rings (SSSR count). The first-order valence-electron chi connectivity index (χ1n) is 4.65. The van der Waals surface area contributed by atoms with Gasteiger partial charge in [-0.3, -0.25) is 0 Å². The van der Waals surface area contributed by atoms with Crippen molar-refractivity contribution in [1.82, 2.24) is 0 Å². The van der Waals surface area contributed by atoms with Crippen molar-refractivity contribution < 1.29 is 10.6 Å². The van der Waals surface area contributed by atoms with Crippen LogP contribution in [0, 0.1) is 11.3 Å². The van der Waals surface area contributed by atoms with Gasteiger partial charge in [-0.15, -0.1) is 0 Å². The molecule has 0 heterocycles. The van der Waals surface area contributed by atoms with Crippen molar-refractivity contribution in [3.8, 4) is 11.8 Å². The maximum absolute atomic E-state index is 9.16. The molecule has 2 heteroatoms. The maximum atomic E-state index is 9.16. The zero-order valence-corrected chi connectivity index (χ0v) is 5.10. The molecule has 0 aliphatic carbocycles. The van der Waals surface area contributed by atoms with Crippen LogP contribution in [0.2, 0.25) is 0 Å². The van der Waals surface area contributed by atoms with Crippen molar-refractivity contribution in [3.63, 3.8) is 0 Å². The van der Waals surface area contributed by atoms with Gasteiger partial charge in [0.1, 0.15) is 5.75 Å². The van der Waals surface area contributed by atoms with Gasteiger partial charge in [0.25, 0.3) is 0 Å². The van der Waals surface area contributed by atoms with E-state index in [2.05, 4.69) is 0 Å². The quantitative estimate of drug-likeness (QED) is 0.636. The number of rotatable bonds is 1. The largest absolute Gasteiger partial charge is 0.508 e. The van der Waals surface area contributed by atoms with Gasteiger partial charge >= 0.3 is 0 Å². The molecule has 1 aromatic carbocycles. The zero-order valence-electron chi connectivity index (χ0n) is 9.10. The molecule has 0 amide bonds. The number of phenols is 1. The molecule has 50 valence electrons. The fraction of sp³-hybridized carbons (Fsp3) is 0.125. The molecule has 0 unspecified atom stereocenters. The number of benzene rings is 1. The van der Waals surface area contributed by atoms with Crippen LogP contribution in [0.25, 0.3) is 0 Å². The highest BCUT2D eigenvalue weighted by Crippen LogP contribution is 2.09. The van der Waals surface area contributed by atoms with Crippen molar-refractivity contribution >= 4 is 0 Å². The molecule has 0 spiro atoms. The van der Waals surface area contributed by atoms with Crippen LogP contribution >= 0.6 is 0 Å². The fourth-order valence-corrected chi connectivity index (χ4v) is 0.499. The summed E-state index contributed by atoms with van der Waals surface area (Å²) < 4.78 is 29.3. The smallest absolute Gasteiger partial charge is 0.115 e. The van der Waals surface area contributed by atoms with E-state index in [-0.39, 0.29) is 24.1 Å². The molecule has 0 bridgehead atoms. The van der Waals surface area contributed by atoms with Crippen molar-refractivity contribution in [2.45, 2.75) is 6.42 Å². The molecule has 0 atom stereocenters. The van der Waals surface area contributed by atoms with Crippen LogP contribution in [0.15, 0.2) is 24.2 Å². The molecule has 0 aliphatic heterocycles. The Labute approximate surface area is 65.0 Å². The molecule has 0 aliphatic rings. The fourth-order valence-electron chi connectivity index (χ4n) is 0.499. The van der Waals surface area contributed by atoms with E-state index in [9.17, 15) is 0 Å². The molecule has 0 radical (unpaired) electrons. The Kier molecular flexibility index (Phi) is 0.884. The van der Waals surface area contributed by atoms with Crippen LogP contribution in [0.3, 0.4) is 0 Å². The number of phenolic OH excluding ortho intramolecular Hbond substituents is 1. The lowest BCUT2D eigenvalue weighted by Crippen LogP contribution is -1.77. The summed E-state index contributed by atoms with van der Waals surface area (Å²) in [6.07, 6.45) is -0.199. The van der Waals surface area contributed by atoms with Gasteiger partial charge in [0.05, 0.1) is 18.0 Å². The van der Waals surface area contributed by atoms with Crippen LogP contribution in [-0.2, 0) is 6.42 Å². The first kappa shape index (κ1) is 3.07. The van der Waals surface area contributed by atoms with Gasteiger partial charge in [-0.25, -0.2) is 0 Å². The van der Waals surface area contributed by atoms with Crippen LogP contribution < -0.4 is 0 Å². The Morgan fingerprint density at radius 2 is 2.10 bits per heavy atom. The molecule has 1 aromatic rings. The molecule has 0 saturated heterocycles. The summed E-state index contributed by atoms with van der Waals surface area (Å²) in [5, 5.41) is 17.6. The summed E-state index contributed by atoms with van der Waals surface area (Å²) >= 11 is 0. The standard InChI is InChI=1S/C8H7NO/c9-6-5-7-1-3-8(10)4-2-7/h1-4,10H,5H2/i1D,2D,3D,4D. The number of nitrogens with zero attached hydrogens (tertiary/aromatic N) is 1. The predicted molar refractivity (Wildman–Crippen MR) is 37.4 cm³/mol. The Bertz CT molecular complexity index is 395. The lowest BCUT2D eigenvalue weighted by atomic mass is 10.2. The summed E-state index contributed by atoms with van der Waals surface area (Å²) in [4.78, 5) is 0. The second-order valence-corrected chi connectivity index (χ2v) is 1.66. The van der Waals surface area contributed by atoms with E-state index in [4.69, 9.17) is 15.9 Å². The summed E-state index contributed by atoms with van der Waals surface area (Å²) in [5.41, 5.74) is 0.0142. The van der Waals surface area contributed by atoms with Crippen LogP contribution in [0.5, 0.6) is 5.75 Å². The van der Waals surface area contributed by atoms with Gasteiger partial charge in [0, 0.05) is 0 Å². The van der Waals surface area contributed by atoms with Crippen molar-refractivity contribution in [3.05, 3.63) is 29.7 Å². The molecule has 2 nitrogen and oxygen atoms in total. The average Bonchev–Trinajstić information content (AvgIpc) is 2.19. The third-order valence-corrected chi connectivity index (χ3v) is 0.919. The van der Waals surface area contributed by atoms with Gasteiger partial charge in [-0.05, 0) is 17.6 Å². The van der Waals surface area contributed by atoms with E-state index in [0.29, 0.717) is 0 Å². The van der Waals surface area contributed by atoms with E-state index >= 15 is 0 Å². The van der Waals surface area contributed by atoms with E-state index in [1.165, 1.54) is 0 Å². The molecule has 1 N–H and O–H groups in total. The minimum Gasteiger partial charge on any atom is -0.508 e. The van der Waals surface area contributed by atoms with Crippen LogP contribution in [0.4, 0.5) is 0 Å². The predicted octanol–water partition coefficient (Wildman–Crippen LogP) is 1.46. The van der Waals surface area contributed by atoms with Gasteiger partial charge in [-0.2, -0.15) is 5.26 Å². The molecule has 0 fully saturated rings. The molecule has 0 saturated carbocycles. The monoisotopic (exact) mass is 137 g/mol. The number of aromatic hydroxyl groups is 1. The SMILES string of the molecule is [2H]c1c([2H])c(CC#N)c([2H])c([2H])c1O. The number of nitriles is 1. The van der Waals surface area contributed by atoms with E-state index in [0.717, 1.165) is 0 Å². The lowest BCUT2D eigenvalue weighted by molar-refractivity contribution is 0.475. The summed E-state index contributed by atoms with van der Waals surface area (Å²) in [5.74, 6) is -0.679. The third-order valence-electron chi connectivity index (χ3n) is 0.919. The Balaban J connectivity index is 3.53. The van der Waals surface area contributed by atoms with Crippen molar-refractivity contribution in [2.24, 2.45) is 0 Å². The van der Waals surface area contributed by atoms with E-state index < -0.39 is 17.8 Å². The molecular weight excluding hydrogens is 126 g/mol. The lowest BCUT2D eigenvalue weighted by Gasteiger charge is -1.92. The Hall–Kier alpha value is -1.49. The number of hydrogen-bond donors (Lipinski definition) is 1. The molecule has 10 heavy (non-hydrogen) atoms. The summed E-state index contributed by atoms with van der Waals surface area (Å²) in [7, 11) is 0. The van der Waals surface area contributed by atoms with Gasteiger partial charge in [0.15, 0.2) is 0 Å². The first-order chi connectivity index (χ1) is 6.50. The zero-order chi connectivity index (χ0) is 10.9. The highest BCUT2D eigenvalue weighted by atomic mass is 16.3. The van der Waals surface area contributed by atoms with E-state index in [1.54, 1.807) is 6.07 Å². The minimum atomic E-state index is -0.679. The topological polar surface area (TPSA) is 44.0 Å². The highest BCUT2D eigenvalue weighted by molar-refractivity contribution is 5.27. The Morgan fingerprint density at radius 1 is 1.50 bits per heavy atom. The normalized spacial score (nSPS) is 14.3. The van der Waals surface area contributed by atoms with Gasteiger partial charge in [0.2, 0.25) is 0 Å². The molecule has 0 aromatic heterocycles. The van der Waals surface area contributed by atoms with E-state index in [1.807, 2.05) is 0 Å². The first-order valence-corrected chi connectivity index (χ1v) is 2.65. The second-order valence-electron chi connectivity index (χ2n) is 1.66. The molecular formula is C8H7NO. The van der Waals surface area contributed by atoms with Gasteiger partial charge in [-0.1, -0.05) is 12.1 Å². The minimum absolute atomic E-state index is 0.0142. The second kappa shape index (κ2) is 2.88. The number of hydrogen-bond acceptors (Lipinski definition) is 2. The van der Waals surface area contributed by atoms with Crippen molar-refractivity contribution in [1.29, 1.82) is 5.26 Å². The van der Waals surface area contributed by atoms with Crippen LogP contribution in [0.1, 0.15) is 11.0 Å². The third kappa shape index (κ3) is 1.49. The summed E-state index contributed by atoms with van der Waals surface area (Å²) in [6.45, 7) is 0. The Morgan fingerprint density at radius 3 is 2.60 bits per heavy atom. The van der Waals surface area contributed by atoms with Crippen molar-refractivity contribution in [2.75, 3.05) is 0 Å². The van der Waals surface area contributed by atoms with Crippen LogP contribution in [-0.4, -0.2) is 5.11 Å². The summed E-state index contributed by atoms with van der Waals surface area (Å²) in [6, 6.07) is 0.0314. The maximum Gasteiger partial charge on any atom is 0.115 e.